The van der Waals surface area contributed by atoms with Crippen LogP contribution in [0.1, 0.15) is 30.0 Å². The van der Waals surface area contributed by atoms with Gasteiger partial charge in [0.05, 0.1) is 0 Å². The summed E-state index contributed by atoms with van der Waals surface area (Å²) in [6.07, 6.45) is 2.35. The molecule has 16 heavy (non-hydrogen) atoms. The molecule has 0 heterocycles. The Morgan fingerprint density at radius 2 is 1.94 bits per heavy atom. The third kappa shape index (κ3) is 1.73. The van der Waals surface area contributed by atoms with Crippen LogP contribution < -0.4 is 0 Å². The first-order valence-electron chi connectivity index (χ1n) is 5.95. The molecule has 0 aliphatic heterocycles. The molecular weight excluding hydrogens is 216 g/mol. The molecule has 0 N–H and O–H groups in total. The summed E-state index contributed by atoms with van der Waals surface area (Å²) in [4.78, 5) is 0. The highest BCUT2D eigenvalue weighted by Gasteiger charge is 2.46. The predicted molar refractivity (Wildman–Crippen MR) is 67.8 cm³/mol. The number of benzene rings is 1. The molecule has 1 atom stereocenters. The zero-order valence-corrected chi connectivity index (χ0v) is 11.3. The van der Waals surface area contributed by atoms with Crippen molar-refractivity contribution in [2.75, 3.05) is 14.2 Å². The molecule has 0 bridgehead atoms. The Labute approximate surface area is 98.8 Å². The topological polar surface area (TPSA) is 18.5 Å². The van der Waals surface area contributed by atoms with Gasteiger partial charge in [0.15, 0.2) is 0 Å². The third-order valence-corrected chi connectivity index (χ3v) is 7.88. The molecule has 2 rings (SSSR count). The van der Waals surface area contributed by atoms with Crippen molar-refractivity contribution in [1.82, 2.24) is 0 Å². The summed E-state index contributed by atoms with van der Waals surface area (Å²) in [5.41, 5.74) is 3.44. The van der Waals surface area contributed by atoms with E-state index in [1.807, 2.05) is 0 Å². The lowest BCUT2D eigenvalue weighted by Gasteiger charge is -2.32. The second kappa shape index (κ2) is 4.70. The van der Waals surface area contributed by atoms with Crippen LogP contribution in [0.3, 0.4) is 0 Å². The minimum atomic E-state index is -2.04. The molecule has 3 heteroatoms. The van der Waals surface area contributed by atoms with Gasteiger partial charge in [-0.25, -0.2) is 0 Å². The molecule has 0 spiro atoms. The number of aryl methyl sites for hydroxylation is 1. The zero-order chi connectivity index (χ0) is 11.6. The van der Waals surface area contributed by atoms with Crippen LogP contribution in [-0.4, -0.2) is 22.8 Å². The number of hydrogen-bond acceptors (Lipinski definition) is 2. The average molecular weight is 236 g/mol. The Balaban J connectivity index is 2.36. The van der Waals surface area contributed by atoms with E-state index < -0.39 is 8.56 Å². The van der Waals surface area contributed by atoms with Crippen LogP contribution in [0.15, 0.2) is 24.3 Å². The maximum atomic E-state index is 5.79. The molecule has 1 aromatic rings. The normalized spacial score (nSPS) is 19.8. The second-order valence-corrected chi connectivity index (χ2v) is 8.21. The number of fused-ring (bicyclic) bond motifs is 1. The molecule has 0 aromatic heterocycles. The summed E-state index contributed by atoms with van der Waals surface area (Å²) >= 11 is 0. The standard InChI is InChI=1S/C13H20O2Si/c1-4-16(14-2,15-3)13-10-9-11-7-5-6-8-12(11)13/h5-8,13H,4,9-10H2,1-3H3. The van der Waals surface area contributed by atoms with E-state index in [4.69, 9.17) is 8.85 Å². The Kier molecular flexibility index (Phi) is 3.47. The molecule has 0 amide bonds. The first kappa shape index (κ1) is 11.8. The fraction of sp³-hybridized carbons (Fsp3) is 0.538. The quantitative estimate of drug-likeness (QED) is 0.748. The SMILES string of the molecule is CC[Si](OC)(OC)C1CCc2ccccc21. The van der Waals surface area contributed by atoms with E-state index in [2.05, 4.69) is 31.2 Å². The molecule has 1 aliphatic rings. The van der Waals surface area contributed by atoms with E-state index in [1.54, 1.807) is 14.2 Å². The fourth-order valence-corrected chi connectivity index (χ4v) is 6.06. The van der Waals surface area contributed by atoms with Crippen LogP contribution in [0.5, 0.6) is 0 Å². The summed E-state index contributed by atoms with van der Waals surface area (Å²) in [6, 6.07) is 9.73. The van der Waals surface area contributed by atoms with Crippen molar-refractivity contribution in [1.29, 1.82) is 0 Å². The van der Waals surface area contributed by atoms with Gasteiger partial charge in [0.25, 0.3) is 0 Å². The number of hydrogen-bond donors (Lipinski definition) is 0. The van der Waals surface area contributed by atoms with Gasteiger partial charge in [-0.3, -0.25) is 0 Å². The van der Waals surface area contributed by atoms with Crippen LogP contribution in [0, 0.1) is 0 Å². The molecule has 0 saturated carbocycles. The van der Waals surface area contributed by atoms with Gasteiger partial charge in [-0.2, -0.15) is 0 Å². The van der Waals surface area contributed by atoms with E-state index in [9.17, 15) is 0 Å². The van der Waals surface area contributed by atoms with E-state index in [0.717, 1.165) is 6.04 Å². The van der Waals surface area contributed by atoms with Crippen molar-refractivity contribution in [3.05, 3.63) is 35.4 Å². The Hall–Kier alpha value is -0.643. The highest BCUT2D eigenvalue weighted by molar-refractivity contribution is 6.69. The lowest BCUT2D eigenvalue weighted by molar-refractivity contribution is 0.230. The molecule has 0 saturated heterocycles. The van der Waals surface area contributed by atoms with Gasteiger partial charge in [0.2, 0.25) is 0 Å². The maximum Gasteiger partial charge on any atom is 0.345 e. The molecular formula is C13H20O2Si. The Morgan fingerprint density at radius 1 is 1.25 bits per heavy atom. The van der Waals surface area contributed by atoms with Crippen molar-refractivity contribution < 1.29 is 8.85 Å². The van der Waals surface area contributed by atoms with Crippen molar-refractivity contribution >= 4 is 8.56 Å². The summed E-state index contributed by atoms with van der Waals surface area (Å²) in [6.45, 7) is 2.18. The molecule has 88 valence electrons. The molecule has 0 fully saturated rings. The van der Waals surface area contributed by atoms with Crippen molar-refractivity contribution in [3.8, 4) is 0 Å². The van der Waals surface area contributed by atoms with Crippen LogP contribution >= 0.6 is 0 Å². The second-order valence-electron chi connectivity index (χ2n) is 4.36. The summed E-state index contributed by atoms with van der Waals surface area (Å²) in [5.74, 6) is 0. The molecule has 2 nitrogen and oxygen atoms in total. The Morgan fingerprint density at radius 3 is 2.56 bits per heavy atom. The molecule has 1 aromatic carbocycles. The minimum absolute atomic E-state index is 0.503. The molecule has 1 unspecified atom stereocenters. The lowest BCUT2D eigenvalue weighted by Crippen LogP contribution is -2.45. The van der Waals surface area contributed by atoms with E-state index >= 15 is 0 Å². The lowest BCUT2D eigenvalue weighted by atomic mass is 10.1. The maximum absolute atomic E-state index is 5.79. The van der Waals surface area contributed by atoms with Gasteiger partial charge in [0, 0.05) is 19.8 Å². The van der Waals surface area contributed by atoms with Gasteiger partial charge < -0.3 is 8.85 Å². The average Bonchev–Trinajstić information content (AvgIpc) is 2.77. The van der Waals surface area contributed by atoms with Crippen molar-refractivity contribution in [3.63, 3.8) is 0 Å². The van der Waals surface area contributed by atoms with E-state index in [-0.39, 0.29) is 0 Å². The van der Waals surface area contributed by atoms with E-state index in [1.165, 1.54) is 24.0 Å². The van der Waals surface area contributed by atoms with Gasteiger partial charge >= 0.3 is 8.56 Å². The summed E-state index contributed by atoms with van der Waals surface area (Å²) in [7, 11) is 1.58. The smallest absolute Gasteiger partial charge is 0.345 e. The van der Waals surface area contributed by atoms with Crippen LogP contribution in [0.25, 0.3) is 0 Å². The van der Waals surface area contributed by atoms with Crippen LogP contribution in [0.4, 0.5) is 0 Å². The van der Waals surface area contributed by atoms with Gasteiger partial charge in [-0.15, -0.1) is 0 Å². The highest BCUT2D eigenvalue weighted by Crippen LogP contribution is 2.41. The monoisotopic (exact) mass is 236 g/mol. The third-order valence-electron chi connectivity index (χ3n) is 3.85. The highest BCUT2D eigenvalue weighted by atomic mass is 28.4. The first-order valence-corrected chi connectivity index (χ1v) is 8.05. The largest absolute Gasteiger partial charge is 0.397 e. The van der Waals surface area contributed by atoms with Gasteiger partial charge in [0.1, 0.15) is 0 Å². The minimum Gasteiger partial charge on any atom is -0.397 e. The van der Waals surface area contributed by atoms with Gasteiger partial charge in [-0.05, 0) is 30.0 Å². The van der Waals surface area contributed by atoms with E-state index in [0.29, 0.717) is 5.54 Å². The summed E-state index contributed by atoms with van der Waals surface area (Å²) in [5, 5.41) is 0. The van der Waals surface area contributed by atoms with Gasteiger partial charge in [-0.1, -0.05) is 31.2 Å². The van der Waals surface area contributed by atoms with Crippen LogP contribution in [-0.2, 0) is 15.3 Å². The molecule has 0 radical (unpaired) electrons. The van der Waals surface area contributed by atoms with Crippen molar-refractivity contribution in [2.45, 2.75) is 31.4 Å². The first-order chi connectivity index (χ1) is 7.77. The van der Waals surface area contributed by atoms with Crippen LogP contribution in [0.2, 0.25) is 6.04 Å². The Bertz CT molecular complexity index is 352. The summed E-state index contributed by atoms with van der Waals surface area (Å²) < 4.78 is 11.6. The zero-order valence-electron chi connectivity index (χ0n) is 10.3. The number of rotatable bonds is 4. The fourth-order valence-electron chi connectivity index (χ4n) is 2.92. The molecule has 1 aliphatic carbocycles. The van der Waals surface area contributed by atoms with Crippen molar-refractivity contribution in [2.24, 2.45) is 0 Å². The predicted octanol–water partition coefficient (Wildman–Crippen LogP) is 3.01.